The highest BCUT2D eigenvalue weighted by Gasteiger charge is 2.32. The SMILES string of the molecule is Cc1cc(C)cc(OCC(=O)Nc2cc(C(F)(F)F)ccc2N2CCCC2)c1. The van der Waals surface area contributed by atoms with E-state index in [1.807, 2.05) is 24.8 Å². The molecule has 0 spiro atoms. The van der Waals surface area contributed by atoms with Crippen LogP contribution in [0.1, 0.15) is 29.5 Å². The third-order valence-electron chi connectivity index (χ3n) is 4.61. The molecule has 1 N–H and O–H groups in total. The van der Waals surface area contributed by atoms with Gasteiger partial charge >= 0.3 is 6.18 Å². The van der Waals surface area contributed by atoms with Crippen molar-refractivity contribution in [2.75, 3.05) is 29.9 Å². The molecule has 1 saturated heterocycles. The van der Waals surface area contributed by atoms with Crippen LogP contribution in [0.4, 0.5) is 24.5 Å². The normalized spacial score (nSPS) is 14.2. The van der Waals surface area contributed by atoms with Crippen LogP contribution in [0.15, 0.2) is 36.4 Å². The van der Waals surface area contributed by atoms with Crippen LogP contribution in [0.5, 0.6) is 5.75 Å². The quantitative estimate of drug-likeness (QED) is 0.784. The van der Waals surface area contributed by atoms with Gasteiger partial charge in [0.05, 0.1) is 16.9 Å². The van der Waals surface area contributed by atoms with Crippen molar-refractivity contribution in [2.45, 2.75) is 32.9 Å². The number of nitrogens with one attached hydrogen (secondary N) is 1. The predicted molar refractivity (Wildman–Crippen MR) is 103 cm³/mol. The lowest BCUT2D eigenvalue weighted by Gasteiger charge is -2.23. The number of anilines is 2. The second-order valence-corrected chi connectivity index (χ2v) is 7.08. The molecule has 4 nitrogen and oxygen atoms in total. The Bertz CT molecular complexity index is 839. The van der Waals surface area contributed by atoms with Gasteiger partial charge < -0.3 is 15.0 Å². The van der Waals surface area contributed by atoms with E-state index in [4.69, 9.17) is 4.74 Å². The highest BCUT2D eigenvalue weighted by molar-refractivity contribution is 5.95. The Labute approximate surface area is 162 Å². The van der Waals surface area contributed by atoms with Crippen LogP contribution in [-0.4, -0.2) is 25.6 Å². The van der Waals surface area contributed by atoms with Crippen molar-refractivity contribution in [1.82, 2.24) is 0 Å². The minimum absolute atomic E-state index is 0.158. The van der Waals surface area contributed by atoms with Gasteiger partial charge in [0.1, 0.15) is 5.75 Å². The zero-order valence-electron chi connectivity index (χ0n) is 15.9. The molecule has 0 atom stereocenters. The van der Waals surface area contributed by atoms with E-state index in [-0.39, 0.29) is 12.3 Å². The molecule has 7 heteroatoms. The fourth-order valence-corrected chi connectivity index (χ4v) is 3.40. The maximum absolute atomic E-state index is 13.1. The number of hydrogen-bond acceptors (Lipinski definition) is 3. The van der Waals surface area contributed by atoms with Gasteiger partial charge in [0, 0.05) is 13.1 Å². The van der Waals surface area contributed by atoms with E-state index in [1.165, 1.54) is 6.07 Å². The minimum Gasteiger partial charge on any atom is -0.484 e. The Morgan fingerprint density at radius 1 is 1.07 bits per heavy atom. The predicted octanol–water partition coefficient (Wildman–Crippen LogP) is 4.94. The summed E-state index contributed by atoms with van der Waals surface area (Å²) in [5, 5.41) is 2.59. The van der Waals surface area contributed by atoms with Crippen LogP contribution in [0.25, 0.3) is 0 Å². The number of benzene rings is 2. The third kappa shape index (κ3) is 4.97. The van der Waals surface area contributed by atoms with Gasteiger partial charge in [0.15, 0.2) is 6.61 Å². The van der Waals surface area contributed by atoms with Crippen molar-refractivity contribution in [1.29, 1.82) is 0 Å². The first-order valence-electron chi connectivity index (χ1n) is 9.19. The lowest BCUT2D eigenvalue weighted by atomic mass is 10.1. The number of rotatable bonds is 5. The maximum Gasteiger partial charge on any atom is 0.416 e. The number of ether oxygens (including phenoxy) is 1. The zero-order valence-corrected chi connectivity index (χ0v) is 15.9. The molecule has 0 radical (unpaired) electrons. The number of nitrogens with zero attached hydrogens (tertiary/aromatic N) is 1. The molecule has 0 aromatic heterocycles. The van der Waals surface area contributed by atoms with E-state index < -0.39 is 17.6 Å². The Balaban J connectivity index is 1.75. The summed E-state index contributed by atoms with van der Waals surface area (Å²) in [7, 11) is 0. The molecule has 1 fully saturated rings. The molecular weight excluding hydrogens is 369 g/mol. The second kappa shape index (κ2) is 8.12. The first kappa shape index (κ1) is 20.0. The zero-order chi connectivity index (χ0) is 20.3. The number of hydrogen-bond donors (Lipinski definition) is 1. The molecule has 1 aliphatic rings. The molecule has 0 saturated carbocycles. The fourth-order valence-electron chi connectivity index (χ4n) is 3.40. The van der Waals surface area contributed by atoms with Gasteiger partial charge in [-0.15, -0.1) is 0 Å². The summed E-state index contributed by atoms with van der Waals surface area (Å²) >= 11 is 0. The number of halogens is 3. The molecule has 3 rings (SSSR count). The van der Waals surface area contributed by atoms with E-state index in [0.29, 0.717) is 11.4 Å². The van der Waals surface area contributed by atoms with Crippen molar-refractivity contribution < 1.29 is 22.7 Å². The van der Waals surface area contributed by atoms with E-state index in [1.54, 1.807) is 12.1 Å². The number of amides is 1. The minimum atomic E-state index is -4.47. The molecule has 0 bridgehead atoms. The maximum atomic E-state index is 13.1. The summed E-state index contributed by atoms with van der Waals surface area (Å²) in [6, 6.07) is 9.06. The Kier molecular flexibility index (Phi) is 5.82. The summed E-state index contributed by atoms with van der Waals surface area (Å²) in [5.41, 5.74) is 1.98. The van der Waals surface area contributed by atoms with Gasteiger partial charge in [-0.1, -0.05) is 6.07 Å². The molecule has 0 unspecified atom stereocenters. The Hall–Kier alpha value is -2.70. The van der Waals surface area contributed by atoms with Gasteiger partial charge in [-0.25, -0.2) is 0 Å². The topological polar surface area (TPSA) is 41.6 Å². The van der Waals surface area contributed by atoms with Gasteiger partial charge in [-0.2, -0.15) is 13.2 Å². The lowest BCUT2D eigenvalue weighted by Crippen LogP contribution is -2.24. The molecule has 1 amide bonds. The number of carbonyl (C=O) groups is 1. The van der Waals surface area contributed by atoms with Gasteiger partial charge in [-0.05, 0) is 68.1 Å². The smallest absolute Gasteiger partial charge is 0.416 e. The second-order valence-electron chi connectivity index (χ2n) is 7.08. The molecule has 28 heavy (non-hydrogen) atoms. The van der Waals surface area contributed by atoms with Crippen LogP contribution < -0.4 is 15.0 Å². The van der Waals surface area contributed by atoms with Crippen LogP contribution in [0.2, 0.25) is 0 Å². The molecule has 150 valence electrons. The van der Waals surface area contributed by atoms with Gasteiger partial charge in [0.2, 0.25) is 0 Å². The number of aryl methyl sites for hydroxylation is 2. The van der Waals surface area contributed by atoms with E-state index >= 15 is 0 Å². The van der Waals surface area contributed by atoms with Gasteiger partial charge in [-0.3, -0.25) is 4.79 Å². The molecule has 1 heterocycles. The van der Waals surface area contributed by atoms with Crippen molar-refractivity contribution in [3.05, 3.63) is 53.1 Å². The van der Waals surface area contributed by atoms with Crippen molar-refractivity contribution in [2.24, 2.45) is 0 Å². The van der Waals surface area contributed by atoms with Crippen LogP contribution in [0, 0.1) is 13.8 Å². The van der Waals surface area contributed by atoms with Gasteiger partial charge in [0.25, 0.3) is 5.91 Å². The fraction of sp³-hybridized carbons (Fsp3) is 0.381. The highest BCUT2D eigenvalue weighted by atomic mass is 19.4. The van der Waals surface area contributed by atoms with Crippen LogP contribution >= 0.6 is 0 Å². The van der Waals surface area contributed by atoms with E-state index in [0.717, 1.165) is 49.2 Å². The molecule has 2 aromatic rings. The summed E-state index contributed by atoms with van der Waals surface area (Å²) in [6.45, 7) is 5.08. The van der Waals surface area contributed by atoms with E-state index in [9.17, 15) is 18.0 Å². The largest absolute Gasteiger partial charge is 0.484 e. The summed E-state index contributed by atoms with van der Waals surface area (Å²) in [4.78, 5) is 14.3. The third-order valence-corrected chi connectivity index (χ3v) is 4.61. The average molecular weight is 392 g/mol. The van der Waals surface area contributed by atoms with Crippen LogP contribution in [-0.2, 0) is 11.0 Å². The van der Waals surface area contributed by atoms with Crippen LogP contribution in [0.3, 0.4) is 0 Å². The lowest BCUT2D eigenvalue weighted by molar-refractivity contribution is -0.137. The number of carbonyl (C=O) groups excluding carboxylic acids is 1. The van der Waals surface area contributed by atoms with Crippen molar-refractivity contribution in [3.63, 3.8) is 0 Å². The standard InChI is InChI=1S/C21H23F3N2O2/c1-14-9-15(2)11-17(10-14)28-13-20(27)25-18-12-16(21(22,23)24)5-6-19(18)26-7-3-4-8-26/h5-6,9-12H,3-4,7-8,13H2,1-2H3,(H,25,27). The summed E-state index contributed by atoms with van der Waals surface area (Å²) < 4.78 is 44.8. The molecule has 0 aliphatic carbocycles. The van der Waals surface area contributed by atoms with Crippen molar-refractivity contribution >= 4 is 17.3 Å². The highest BCUT2D eigenvalue weighted by Crippen LogP contribution is 2.36. The number of alkyl halides is 3. The summed E-state index contributed by atoms with van der Waals surface area (Å²) in [5.74, 6) is 0.0513. The summed E-state index contributed by atoms with van der Waals surface area (Å²) in [6.07, 6.45) is -2.52. The molecule has 2 aromatic carbocycles. The Morgan fingerprint density at radius 2 is 1.71 bits per heavy atom. The average Bonchev–Trinajstić information content (AvgIpc) is 3.13. The Morgan fingerprint density at radius 3 is 2.32 bits per heavy atom. The first-order valence-corrected chi connectivity index (χ1v) is 9.19. The monoisotopic (exact) mass is 392 g/mol. The van der Waals surface area contributed by atoms with Crippen molar-refractivity contribution in [3.8, 4) is 5.75 Å². The first-order chi connectivity index (χ1) is 13.2. The molecular formula is C21H23F3N2O2. The van der Waals surface area contributed by atoms with E-state index in [2.05, 4.69) is 5.32 Å². The molecule has 1 aliphatic heterocycles.